The first-order chi connectivity index (χ1) is 11.8. The highest BCUT2D eigenvalue weighted by Gasteiger charge is 2.39. The molecule has 4 nitrogen and oxygen atoms in total. The van der Waals surface area contributed by atoms with E-state index in [4.69, 9.17) is 4.98 Å². The van der Waals surface area contributed by atoms with Crippen LogP contribution in [0.4, 0.5) is 0 Å². The van der Waals surface area contributed by atoms with E-state index < -0.39 is 5.60 Å². The maximum atomic E-state index is 13.4. The fraction of sp³-hybridized carbons (Fsp3) is 0.524. The lowest BCUT2D eigenvalue weighted by atomic mass is 9.95. The van der Waals surface area contributed by atoms with Gasteiger partial charge in [0.1, 0.15) is 0 Å². The maximum Gasteiger partial charge on any atom is 0.254 e. The van der Waals surface area contributed by atoms with Gasteiger partial charge in [-0.3, -0.25) is 9.78 Å². The van der Waals surface area contributed by atoms with Gasteiger partial charge in [-0.25, -0.2) is 0 Å². The normalized spacial score (nSPS) is 21.1. The fourth-order valence-electron chi connectivity index (χ4n) is 4.02. The molecule has 0 radical (unpaired) electrons. The van der Waals surface area contributed by atoms with Crippen molar-refractivity contribution in [1.82, 2.24) is 9.88 Å². The van der Waals surface area contributed by atoms with Crippen LogP contribution in [0.15, 0.2) is 24.3 Å². The molecule has 1 N–H and O–H groups in total. The number of hydrogen-bond donors (Lipinski definition) is 1. The van der Waals surface area contributed by atoms with Crippen LogP contribution in [0.1, 0.15) is 67.1 Å². The number of nitrogens with zero attached hydrogens (tertiary/aromatic N) is 2. The Morgan fingerprint density at radius 2 is 2.00 bits per heavy atom. The van der Waals surface area contributed by atoms with Crippen molar-refractivity contribution in [3.05, 3.63) is 41.1 Å². The number of amides is 1. The van der Waals surface area contributed by atoms with Crippen molar-refractivity contribution >= 4 is 16.8 Å². The molecular formula is C21H26N2O2. The molecule has 0 spiro atoms. The molecule has 4 heteroatoms. The topological polar surface area (TPSA) is 53.4 Å². The van der Waals surface area contributed by atoms with Gasteiger partial charge in [0, 0.05) is 23.5 Å². The largest absolute Gasteiger partial charge is 0.388 e. The van der Waals surface area contributed by atoms with Crippen molar-refractivity contribution in [3.63, 3.8) is 0 Å². The van der Waals surface area contributed by atoms with Gasteiger partial charge in [-0.15, -0.1) is 0 Å². The zero-order valence-corrected chi connectivity index (χ0v) is 15.2. The quantitative estimate of drug-likeness (QED) is 0.926. The maximum absolute atomic E-state index is 13.4. The number of aromatic nitrogens is 1. The molecule has 1 amide bonds. The Balaban J connectivity index is 1.81. The Kier molecular flexibility index (Phi) is 3.84. The van der Waals surface area contributed by atoms with E-state index >= 15 is 0 Å². The number of rotatable bonds is 3. The molecule has 1 unspecified atom stereocenters. The summed E-state index contributed by atoms with van der Waals surface area (Å²) in [5.74, 6) is 0.533. The molecule has 1 aliphatic carbocycles. The highest BCUT2D eigenvalue weighted by Crippen LogP contribution is 2.40. The van der Waals surface area contributed by atoms with Gasteiger partial charge in [0.05, 0.1) is 22.7 Å². The minimum Gasteiger partial charge on any atom is -0.388 e. The van der Waals surface area contributed by atoms with Crippen molar-refractivity contribution in [3.8, 4) is 0 Å². The molecule has 1 aromatic carbocycles. The number of carbonyl (C=O) groups excluding carboxylic acids is 1. The third-order valence-electron chi connectivity index (χ3n) is 5.54. The minimum absolute atomic E-state index is 0.0320. The number of benzene rings is 1. The molecule has 2 aromatic rings. The van der Waals surface area contributed by atoms with Crippen LogP contribution in [0.5, 0.6) is 0 Å². The van der Waals surface area contributed by atoms with Crippen molar-refractivity contribution in [2.45, 2.75) is 64.0 Å². The van der Waals surface area contributed by atoms with E-state index in [1.807, 2.05) is 24.0 Å². The first-order valence-electron chi connectivity index (χ1n) is 9.29. The molecule has 1 aliphatic heterocycles. The standard InChI is InChI=1S/C21H26N2O2/c1-13-6-9-17-15(11-13)16(12-18(22-17)14-7-8-14)20(24)23-10-4-5-19(23)21(2,3)25/h6,9,11-12,14,19,25H,4-5,7-8,10H2,1-3H3. The number of aryl methyl sites for hydroxylation is 1. The average molecular weight is 338 g/mol. The van der Waals surface area contributed by atoms with Gasteiger partial charge in [-0.1, -0.05) is 11.6 Å². The summed E-state index contributed by atoms with van der Waals surface area (Å²) in [5, 5.41) is 11.4. The zero-order chi connectivity index (χ0) is 17.8. The molecule has 1 atom stereocenters. The molecule has 4 rings (SSSR count). The van der Waals surface area contributed by atoms with Gasteiger partial charge < -0.3 is 10.0 Å². The molecule has 1 saturated heterocycles. The number of aliphatic hydroxyl groups is 1. The third-order valence-corrected chi connectivity index (χ3v) is 5.54. The molecule has 1 saturated carbocycles. The van der Waals surface area contributed by atoms with Crippen LogP contribution in [-0.4, -0.2) is 39.1 Å². The highest BCUT2D eigenvalue weighted by molar-refractivity contribution is 6.06. The monoisotopic (exact) mass is 338 g/mol. The van der Waals surface area contributed by atoms with E-state index in [9.17, 15) is 9.90 Å². The van der Waals surface area contributed by atoms with Crippen molar-refractivity contribution < 1.29 is 9.90 Å². The molecular weight excluding hydrogens is 312 g/mol. The first-order valence-corrected chi connectivity index (χ1v) is 9.29. The lowest BCUT2D eigenvalue weighted by Crippen LogP contribution is -2.48. The number of likely N-dealkylation sites (tertiary alicyclic amines) is 1. The second kappa shape index (κ2) is 5.80. The van der Waals surface area contributed by atoms with Crippen molar-refractivity contribution in [2.75, 3.05) is 6.54 Å². The molecule has 2 heterocycles. The molecule has 25 heavy (non-hydrogen) atoms. The fourth-order valence-corrected chi connectivity index (χ4v) is 4.02. The number of fused-ring (bicyclic) bond motifs is 1. The van der Waals surface area contributed by atoms with Crippen LogP contribution < -0.4 is 0 Å². The zero-order valence-electron chi connectivity index (χ0n) is 15.2. The molecule has 2 fully saturated rings. The Morgan fingerprint density at radius 1 is 1.24 bits per heavy atom. The second-order valence-corrected chi connectivity index (χ2v) is 8.20. The summed E-state index contributed by atoms with van der Waals surface area (Å²) in [6.07, 6.45) is 4.12. The van der Waals surface area contributed by atoms with E-state index in [-0.39, 0.29) is 11.9 Å². The summed E-state index contributed by atoms with van der Waals surface area (Å²) in [7, 11) is 0. The van der Waals surface area contributed by atoms with E-state index in [2.05, 4.69) is 12.1 Å². The van der Waals surface area contributed by atoms with Gasteiger partial charge in [0.15, 0.2) is 0 Å². The summed E-state index contributed by atoms with van der Waals surface area (Å²) >= 11 is 0. The molecule has 1 aromatic heterocycles. The molecule has 2 aliphatic rings. The SMILES string of the molecule is Cc1ccc2nc(C3CC3)cc(C(=O)N3CCCC3C(C)(C)O)c2c1. The Labute approximate surface area is 148 Å². The lowest BCUT2D eigenvalue weighted by molar-refractivity contribution is 0.000404. The van der Waals surface area contributed by atoms with Gasteiger partial charge >= 0.3 is 0 Å². The van der Waals surface area contributed by atoms with Crippen molar-refractivity contribution in [2.24, 2.45) is 0 Å². The summed E-state index contributed by atoms with van der Waals surface area (Å²) < 4.78 is 0. The second-order valence-electron chi connectivity index (χ2n) is 8.20. The van der Waals surface area contributed by atoms with Crippen LogP contribution in [0.25, 0.3) is 10.9 Å². The van der Waals surface area contributed by atoms with Gasteiger partial charge in [-0.2, -0.15) is 0 Å². The average Bonchev–Trinajstić information content (AvgIpc) is 3.28. The Hall–Kier alpha value is -1.94. The smallest absolute Gasteiger partial charge is 0.254 e. The van der Waals surface area contributed by atoms with Crippen LogP contribution in [0.2, 0.25) is 0 Å². The summed E-state index contributed by atoms with van der Waals surface area (Å²) in [6, 6.07) is 8.00. The number of pyridine rings is 1. The van der Waals surface area contributed by atoms with Gasteiger partial charge in [-0.05, 0) is 64.7 Å². The van der Waals surface area contributed by atoms with Gasteiger partial charge in [0.2, 0.25) is 0 Å². The molecule has 132 valence electrons. The van der Waals surface area contributed by atoms with Crippen LogP contribution in [0.3, 0.4) is 0 Å². The Bertz CT molecular complexity index is 834. The predicted molar refractivity (Wildman–Crippen MR) is 98.8 cm³/mol. The summed E-state index contributed by atoms with van der Waals surface area (Å²) in [6.45, 7) is 6.35. The van der Waals surface area contributed by atoms with E-state index in [1.165, 1.54) is 0 Å². The van der Waals surface area contributed by atoms with Crippen LogP contribution in [-0.2, 0) is 0 Å². The number of hydrogen-bond acceptors (Lipinski definition) is 3. The third kappa shape index (κ3) is 3.04. The summed E-state index contributed by atoms with van der Waals surface area (Å²) in [5.41, 5.74) is 2.93. The predicted octanol–water partition coefficient (Wildman–Crippen LogP) is 3.80. The van der Waals surface area contributed by atoms with E-state index in [0.29, 0.717) is 12.5 Å². The molecule has 0 bridgehead atoms. The van der Waals surface area contributed by atoms with Gasteiger partial charge in [0.25, 0.3) is 5.91 Å². The van der Waals surface area contributed by atoms with Crippen LogP contribution in [0, 0.1) is 6.92 Å². The first kappa shape index (κ1) is 16.5. The van der Waals surface area contributed by atoms with Crippen molar-refractivity contribution in [1.29, 1.82) is 0 Å². The van der Waals surface area contributed by atoms with E-state index in [1.54, 1.807) is 13.8 Å². The minimum atomic E-state index is -0.885. The van der Waals surface area contributed by atoms with Crippen LogP contribution >= 0.6 is 0 Å². The number of carbonyl (C=O) groups is 1. The van der Waals surface area contributed by atoms with E-state index in [0.717, 1.165) is 53.4 Å². The summed E-state index contributed by atoms with van der Waals surface area (Å²) in [4.78, 5) is 20.1. The Morgan fingerprint density at radius 3 is 2.68 bits per heavy atom. The lowest BCUT2D eigenvalue weighted by Gasteiger charge is -2.34. The highest BCUT2D eigenvalue weighted by atomic mass is 16.3.